The van der Waals surface area contributed by atoms with E-state index in [1.807, 2.05) is 22.6 Å². The topological polar surface area (TPSA) is 130 Å². The Bertz CT molecular complexity index is 898. The Labute approximate surface area is 187 Å². The van der Waals surface area contributed by atoms with Gasteiger partial charge in [-0.25, -0.2) is 19.6 Å². The maximum absolute atomic E-state index is 11.2. The number of methoxy groups -OCH3 is 2. The molecule has 0 radical (unpaired) electrons. The van der Waals surface area contributed by atoms with Crippen LogP contribution in [0.25, 0.3) is 0 Å². The molecular formula is C14H11Cl4IN4O4. The summed E-state index contributed by atoms with van der Waals surface area (Å²) in [4.78, 5) is 29.7. The van der Waals surface area contributed by atoms with Crippen molar-refractivity contribution in [2.24, 2.45) is 0 Å². The van der Waals surface area contributed by atoms with Crippen LogP contribution in [-0.2, 0) is 9.47 Å². The lowest BCUT2D eigenvalue weighted by atomic mass is 10.3. The zero-order valence-electron chi connectivity index (χ0n) is 13.6. The molecule has 2 rings (SSSR count). The van der Waals surface area contributed by atoms with Crippen molar-refractivity contribution in [3.05, 3.63) is 41.4 Å². The summed E-state index contributed by atoms with van der Waals surface area (Å²) in [5, 5.41) is 0.345. The van der Waals surface area contributed by atoms with E-state index in [9.17, 15) is 9.59 Å². The van der Waals surface area contributed by atoms with Crippen LogP contribution in [0.15, 0.2) is 6.07 Å². The van der Waals surface area contributed by atoms with E-state index in [1.165, 1.54) is 20.3 Å². The van der Waals surface area contributed by atoms with Crippen molar-refractivity contribution >= 4 is 92.3 Å². The highest BCUT2D eigenvalue weighted by Gasteiger charge is 2.19. The number of anilines is 2. The van der Waals surface area contributed by atoms with E-state index in [1.54, 1.807) is 0 Å². The Morgan fingerprint density at radius 1 is 0.963 bits per heavy atom. The van der Waals surface area contributed by atoms with Gasteiger partial charge in [-0.1, -0.05) is 46.4 Å². The number of hydrogen-bond donors (Lipinski definition) is 2. The standard InChI is InChI=1S/C7H5Cl2IN2O2.C7H6Cl2N2O2/c1-14-7(13)5-2(8)4(11)3(10)6(9)12-5;1-13-7(12)6-5(9)3(10)2-4(8)11-6/h1H3,(H2,11,12);2H,1H3,(H2,10,11). The summed E-state index contributed by atoms with van der Waals surface area (Å²) in [6.45, 7) is 0. The minimum Gasteiger partial charge on any atom is -0.464 e. The fraction of sp³-hybridized carbons (Fsp3) is 0.143. The zero-order valence-corrected chi connectivity index (χ0v) is 18.8. The summed E-state index contributed by atoms with van der Waals surface area (Å²) >= 11 is 24.7. The molecule has 146 valence electrons. The first-order chi connectivity index (χ1) is 12.5. The van der Waals surface area contributed by atoms with E-state index in [0.29, 0.717) is 3.57 Å². The fourth-order valence-corrected chi connectivity index (χ4v) is 2.84. The fourth-order valence-electron chi connectivity index (χ4n) is 1.51. The second-order valence-electron chi connectivity index (χ2n) is 4.47. The van der Waals surface area contributed by atoms with Gasteiger partial charge in [0.05, 0.1) is 39.2 Å². The highest BCUT2D eigenvalue weighted by molar-refractivity contribution is 14.1. The summed E-state index contributed by atoms with van der Waals surface area (Å²) in [5.74, 6) is -1.33. The number of nitrogens with two attached hydrogens (primary N) is 2. The van der Waals surface area contributed by atoms with Gasteiger partial charge in [0.25, 0.3) is 0 Å². The predicted molar refractivity (Wildman–Crippen MR) is 113 cm³/mol. The average molecular weight is 568 g/mol. The summed E-state index contributed by atoms with van der Waals surface area (Å²) < 4.78 is 9.41. The Morgan fingerprint density at radius 3 is 1.93 bits per heavy atom. The van der Waals surface area contributed by atoms with E-state index in [2.05, 4.69) is 19.4 Å². The highest BCUT2D eigenvalue weighted by atomic mass is 127. The molecule has 0 atom stereocenters. The Morgan fingerprint density at radius 2 is 1.44 bits per heavy atom. The molecule has 2 heterocycles. The average Bonchev–Trinajstić information content (AvgIpc) is 2.65. The van der Waals surface area contributed by atoms with Crippen LogP contribution >= 0.6 is 69.0 Å². The van der Waals surface area contributed by atoms with Crippen LogP contribution in [0, 0.1) is 3.57 Å². The number of hydrogen-bond acceptors (Lipinski definition) is 8. The number of aromatic nitrogens is 2. The number of nitrogen functional groups attached to an aromatic ring is 2. The molecule has 0 aromatic carbocycles. The van der Waals surface area contributed by atoms with Gasteiger partial charge in [-0.2, -0.15) is 0 Å². The molecule has 0 amide bonds. The lowest BCUT2D eigenvalue weighted by Gasteiger charge is -2.07. The first-order valence-corrected chi connectivity index (χ1v) is 9.22. The first kappa shape index (κ1) is 23.8. The van der Waals surface area contributed by atoms with Gasteiger partial charge in [-0.3, -0.25) is 0 Å². The van der Waals surface area contributed by atoms with E-state index in [4.69, 9.17) is 57.9 Å². The largest absolute Gasteiger partial charge is 0.464 e. The van der Waals surface area contributed by atoms with E-state index >= 15 is 0 Å². The smallest absolute Gasteiger partial charge is 0.358 e. The maximum Gasteiger partial charge on any atom is 0.358 e. The lowest BCUT2D eigenvalue weighted by molar-refractivity contribution is 0.0585. The van der Waals surface area contributed by atoms with Crippen molar-refractivity contribution in [1.29, 1.82) is 0 Å². The molecule has 2 aromatic rings. The van der Waals surface area contributed by atoms with Crippen molar-refractivity contribution in [3.8, 4) is 0 Å². The van der Waals surface area contributed by atoms with E-state index in [0.717, 1.165) is 0 Å². The lowest BCUT2D eigenvalue weighted by Crippen LogP contribution is -2.08. The first-order valence-electron chi connectivity index (χ1n) is 6.63. The number of carbonyl (C=O) groups excluding carboxylic acids is 2. The van der Waals surface area contributed by atoms with Crippen LogP contribution in [0.3, 0.4) is 0 Å². The van der Waals surface area contributed by atoms with Crippen LogP contribution in [0.1, 0.15) is 21.0 Å². The molecule has 0 spiro atoms. The number of carbonyl (C=O) groups is 2. The summed E-state index contributed by atoms with van der Waals surface area (Å²) in [5.41, 5.74) is 11.3. The van der Waals surface area contributed by atoms with Crippen LogP contribution < -0.4 is 11.5 Å². The van der Waals surface area contributed by atoms with Gasteiger partial charge in [0.15, 0.2) is 11.4 Å². The molecule has 0 saturated heterocycles. The van der Waals surface area contributed by atoms with Crippen LogP contribution in [0.5, 0.6) is 0 Å². The van der Waals surface area contributed by atoms with Gasteiger partial charge in [-0.15, -0.1) is 0 Å². The molecule has 2 aromatic heterocycles. The molecule has 0 aliphatic carbocycles. The normalized spacial score (nSPS) is 9.89. The molecule has 0 aliphatic heterocycles. The van der Waals surface area contributed by atoms with Gasteiger partial charge in [-0.05, 0) is 28.7 Å². The molecule has 13 heteroatoms. The third-order valence-corrected chi connectivity index (χ3v) is 5.44. The number of nitrogens with zero attached hydrogens (tertiary/aromatic N) is 2. The second-order valence-corrected chi connectivity index (χ2v) is 7.05. The van der Waals surface area contributed by atoms with Crippen LogP contribution in [0.4, 0.5) is 11.4 Å². The quantitative estimate of drug-likeness (QED) is 0.315. The Kier molecular flexibility index (Phi) is 9.09. The Hall–Kier alpha value is -1.27. The van der Waals surface area contributed by atoms with Crippen LogP contribution in [-0.4, -0.2) is 36.1 Å². The van der Waals surface area contributed by atoms with Gasteiger partial charge in [0.2, 0.25) is 0 Å². The zero-order chi connectivity index (χ0) is 20.9. The Balaban J connectivity index is 0.000000271. The highest BCUT2D eigenvalue weighted by Crippen LogP contribution is 2.31. The SMILES string of the molecule is COC(=O)c1nc(Cl)c(I)c(N)c1Cl.COC(=O)c1nc(Cl)cc(N)c1Cl. The van der Waals surface area contributed by atoms with Crippen molar-refractivity contribution < 1.29 is 19.1 Å². The van der Waals surface area contributed by atoms with Gasteiger partial charge < -0.3 is 20.9 Å². The molecule has 27 heavy (non-hydrogen) atoms. The molecule has 0 saturated carbocycles. The monoisotopic (exact) mass is 566 g/mol. The van der Waals surface area contributed by atoms with Crippen molar-refractivity contribution in [3.63, 3.8) is 0 Å². The van der Waals surface area contributed by atoms with Crippen molar-refractivity contribution in [2.45, 2.75) is 0 Å². The summed E-state index contributed by atoms with van der Waals surface area (Å²) in [6, 6.07) is 1.36. The predicted octanol–water partition coefficient (Wildman–Crippen LogP) is 4.12. The summed E-state index contributed by atoms with van der Waals surface area (Å²) in [6.07, 6.45) is 0. The van der Waals surface area contributed by atoms with Gasteiger partial charge in [0.1, 0.15) is 10.3 Å². The van der Waals surface area contributed by atoms with E-state index < -0.39 is 11.9 Å². The molecule has 0 fully saturated rings. The van der Waals surface area contributed by atoms with Crippen molar-refractivity contribution in [1.82, 2.24) is 9.97 Å². The number of pyridine rings is 2. The minimum atomic E-state index is -0.667. The number of ether oxygens (including phenoxy) is 2. The van der Waals surface area contributed by atoms with Crippen LogP contribution in [0.2, 0.25) is 20.4 Å². The molecular weight excluding hydrogens is 557 g/mol. The molecule has 8 nitrogen and oxygen atoms in total. The third-order valence-electron chi connectivity index (χ3n) is 2.78. The number of rotatable bonds is 2. The minimum absolute atomic E-state index is 0.0521. The third kappa shape index (κ3) is 5.85. The van der Waals surface area contributed by atoms with Gasteiger partial charge >= 0.3 is 11.9 Å². The second kappa shape index (κ2) is 10.3. The molecule has 0 unspecified atom stereocenters. The number of esters is 2. The van der Waals surface area contributed by atoms with Crippen molar-refractivity contribution in [2.75, 3.05) is 25.7 Å². The molecule has 0 aliphatic rings. The van der Waals surface area contributed by atoms with E-state index in [-0.39, 0.29) is 43.1 Å². The molecule has 4 N–H and O–H groups in total. The summed E-state index contributed by atoms with van der Waals surface area (Å²) in [7, 11) is 2.44. The number of halogens is 5. The molecule has 0 bridgehead atoms. The van der Waals surface area contributed by atoms with Gasteiger partial charge in [0, 0.05) is 0 Å². The maximum atomic E-state index is 11.2.